The van der Waals surface area contributed by atoms with Crippen molar-refractivity contribution in [3.63, 3.8) is 0 Å². The number of carbonyl (C=O) groups is 1. The highest BCUT2D eigenvalue weighted by atomic mass is 16.3. The van der Waals surface area contributed by atoms with Crippen molar-refractivity contribution in [2.75, 3.05) is 33.7 Å². The lowest BCUT2D eigenvalue weighted by Gasteiger charge is -2.35. The van der Waals surface area contributed by atoms with Gasteiger partial charge in [0.25, 0.3) is 0 Å². The summed E-state index contributed by atoms with van der Waals surface area (Å²) in [5.74, 6) is 0. The van der Waals surface area contributed by atoms with Gasteiger partial charge < -0.3 is 20.2 Å². The van der Waals surface area contributed by atoms with Gasteiger partial charge in [-0.1, -0.05) is 30.3 Å². The maximum Gasteiger partial charge on any atom is 0.319 e. The Morgan fingerprint density at radius 2 is 1.91 bits per heavy atom. The third kappa shape index (κ3) is 4.21. The van der Waals surface area contributed by atoms with Crippen molar-refractivity contribution in [1.82, 2.24) is 15.1 Å². The van der Waals surface area contributed by atoms with E-state index in [-0.39, 0.29) is 6.03 Å². The minimum Gasteiger partial charge on any atom is -0.384 e. The van der Waals surface area contributed by atoms with E-state index in [1.165, 1.54) is 0 Å². The van der Waals surface area contributed by atoms with Crippen molar-refractivity contribution in [3.8, 4) is 0 Å². The van der Waals surface area contributed by atoms with Gasteiger partial charge in [-0.15, -0.1) is 0 Å². The molecule has 1 aromatic carbocycles. The summed E-state index contributed by atoms with van der Waals surface area (Å²) in [6, 6.07) is 10.1. The molecule has 2 rings (SSSR count). The van der Waals surface area contributed by atoms with E-state index in [9.17, 15) is 9.90 Å². The quantitative estimate of drug-likeness (QED) is 0.889. The molecule has 0 aromatic heterocycles. The van der Waals surface area contributed by atoms with E-state index in [0.717, 1.165) is 31.5 Å². The highest BCUT2D eigenvalue weighted by molar-refractivity contribution is 5.73. The normalized spacial score (nSPS) is 18.8. The molecule has 1 aliphatic rings. The summed E-state index contributed by atoms with van der Waals surface area (Å²) in [6.07, 6.45) is 1.84. The fraction of sp³-hybridized carbons (Fsp3) is 0.588. The largest absolute Gasteiger partial charge is 0.384 e. The van der Waals surface area contributed by atoms with Crippen molar-refractivity contribution < 1.29 is 9.90 Å². The number of amides is 2. The van der Waals surface area contributed by atoms with Gasteiger partial charge in [0, 0.05) is 39.8 Å². The van der Waals surface area contributed by atoms with Crippen molar-refractivity contribution in [1.29, 1.82) is 0 Å². The monoisotopic (exact) mass is 305 g/mol. The van der Waals surface area contributed by atoms with E-state index in [4.69, 9.17) is 0 Å². The van der Waals surface area contributed by atoms with Gasteiger partial charge in [0.05, 0.1) is 5.60 Å². The van der Waals surface area contributed by atoms with Crippen LogP contribution in [0, 0.1) is 0 Å². The lowest BCUT2D eigenvalue weighted by atomic mass is 9.95. The van der Waals surface area contributed by atoms with Crippen LogP contribution in [0.4, 0.5) is 4.79 Å². The van der Waals surface area contributed by atoms with E-state index in [1.807, 2.05) is 42.2 Å². The summed E-state index contributed by atoms with van der Waals surface area (Å²) in [4.78, 5) is 15.4. The average molecular weight is 305 g/mol. The third-order valence-electron chi connectivity index (χ3n) is 4.28. The zero-order valence-electron chi connectivity index (χ0n) is 13.7. The van der Waals surface area contributed by atoms with Gasteiger partial charge in [0.1, 0.15) is 0 Å². The van der Waals surface area contributed by atoms with E-state index < -0.39 is 5.60 Å². The van der Waals surface area contributed by atoms with Crippen LogP contribution < -0.4 is 5.32 Å². The lowest BCUT2D eigenvalue weighted by Crippen LogP contribution is -2.50. The number of likely N-dealkylation sites (tertiary alicyclic amines) is 1. The predicted octanol–water partition coefficient (Wildman–Crippen LogP) is 1.63. The Morgan fingerprint density at radius 3 is 2.45 bits per heavy atom. The van der Waals surface area contributed by atoms with Gasteiger partial charge in [-0.3, -0.25) is 0 Å². The Morgan fingerprint density at radius 1 is 1.32 bits per heavy atom. The van der Waals surface area contributed by atoms with E-state index >= 15 is 0 Å². The molecule has 2 N–H and O–H groups in total. The molecule has 2 amide bonds. The molecule has 5 nitrogen and oxygen atoms in total. The molecule has 0 bridgehead atoms. The van der Waals surface area contributed by atoms with Crippen LogP contribution >= 0.6 is 0 Å². The SMILES string of the molecule is CN(C)C(=O)N1CCC(NCC(C)(O)c2ccccc2)CC1. The first kappa shape index (κ1) is 16.8. The third-order valence-corrected chi connectivity index (χ3v) is 4.28. The molecular formula is C17H27N3O2. The Hall–Kier alpha value is -1.59. The molecule has 1 fully saturated rings. The van der Waals surface area contributed by atoms with Crippen molar-refractivity contribution in [2.24, 2.45) is 0 Å². The molecule has 1 unspecified atom stereocenters. The smallest absolute Gasteiger partial charge is 0.319 e. The molecule has 122 valence electrons. The van der Waals surface area contributed by atoms with Crippen LogP contribution in [-0.4, -0.2) is 60.7 Å². The van der Waals surface area contributed by atoms with Crippen LogP contribution in [0.5, 0.6) is 0 Å². The number of aliphatic hydroxyl groups is 1. The van der Waals surface area contributed by atoms with Crippen molar-refractivity contribution in [2.45, 2.75) is 31.4 Å². The Bertz CT molecular complexity index is 480. The second-order valence-electron chi connectivity index (χ2n) is 6.46. The molecule has 0 spiro atoms. The van der Waals surface area contributed by atoms with Gasteiger partial charge >= 0.3 is 6.03 Å². The number of piperidine rings is 1. The second-order valence-corrected chi connectivity index (χ2v) is 6.46. The second kappa shape index (κ2) is 7.11. The maximum atomic E-state index is 11.9. The summed E-state index contributed by atoms with van der Waals surface area (Å²) in [5, 5.41) is 14.0. The fourth-order valence-corrected chi connectivity index (χ4v) is 2.80. The molecule has 1 aromatic rings. The molecule has 1 heterocycles. The highest BCUT2D eigenvalue weighted by Crippen LogP contribution is 2.20. The topological polar surface area (TPSA) is 55.8 Å². The molecule has 0 radical (unpaired) electrons. The Labute approximate surface area is 132 Å². The standard InChI is InChI=1S/C17H27N3O2/c1-17(22,14-7-5-4-6-8-14)13-18-15-9-11-20(12-10-15)16(21)19(2)3/h4-8,15,18,22H,9-13H2,1-3H3. The molecule has 1 aliphatic heterocycles. The van der Waals surface area contributed by atoms with E-state index in [1.54, 1.807) is 19.0 Å². The molecule has 0 saturated carbocycles. The van der Waals surface area contributed by atoms with Crippen LogP contribution in [0.15, 0.2) is 30.3 Å². The first-order valence-corrected chi connectivity index (χ1v) is 7.87. The Balaban J connectivity index is 1.81. The van der Waals surface area contributed by atoms with Crippen LogP contribution in [0.2, 0.25) is 0 Å². The first-order valence-electron chi connectivity index (χ1n) is 7.87. The zero-order chi connectivity index (χ0) is 16.2. The van der Waals surface area contributed by atoms with Gasteiger partial charge in [-0.05, 0) is 25.3 Å². The number of rotatable bonds is 4. The fourth-order valence-electron chi connectivity index (χ4n) is 2.80. The van der Waals surface area contributed by atoms with E-state index in [2.05, 4.69) is 5.32 Å². The summed E-state index contributed by atoms with van der Waals surface area (Å²) in [6.45, 7) is 3.88. The van der Waals surface area contributed by atoms with Crippen LogP contribution in [0.25, 0.3) is 0 Å². The van der Waals surface area contributed by atoms with Gasteiger partial charge in [0.15, 0.2) is 0 Å². The zero-order valence-corrected chi connectivity index (χ0v) is 13.7. The number of nitrogens with zero attached hydrogens (tertiary/aromatic N) is 2. The van der Waals surface area contributed by atoms with E-state index in [0.29, 0.717) is 12.6 Å². The van der Waals surface area contributed by atoms with Crippen molar-refractivity contribution in [3.05, 3.63) is 35.9 Å². The van der Waals surface area contributed by atoms with Gasteiger partial charge in [-0.2, -0.15) is 0 Å². The number of benzene rings is 1. The molecule has 22 heavy (non-hydrogen) atoms. The van der Waals surface area contributed by atoms with Crippen molar-refractivity contribution >= 4 is 6.03 Å². The first-order chi connectivity index (χ1) is 10.4. The summed E-state index contributed by atoms with van der Waals surface area (Å²) in [5.41, 5.74) is 0.0421. The van der Waals surface area contributed by atoms with Crippen LogP contribution in [0.1, 0.15) is 25.3 Å². The van der Waals surface area contributed by atoms with Crippen LogP contribution in [-0.2, 0) is 5.60 Å². The molecule has 1 saturated heterocycles. The molecular weight excluding hydrogens is 278 g/mol. The molecule has 5 heteroatoms. The highest BCUT2D eigenvalue weighted by Gasteiger charge is 2.27. The van der Waals surface area contributed by atoms with Crippen LogP contribution in [0.3, 0.4) is 0 Å². The van der Waals surface area contributed by atoms with Gasteiger partial charge in [-0.25, -0.2) is 4.79 Å². The van der Waals surface area contributed by atoms with Gasteiger partial charge in [0.2, 0.25) is 0 Å². The Kier molecular flexibility index (Phi) is 5.42. The number of nitrogens with one attached hydrogen (secondary N) is 1. The number of carbonyl (C=O) groups excluding carboxylic acids is 1. The molecule has 0 aliphatic carbocycles. The number of hydrogen-bond donors (Lipinski definition) is 2. The number of urea groups is 1. The predicted molar refractivity (Wildman–Crippen MR) is 87.7 cm³/mol. The summed E-state index contributed by atoms with van der Waals surface area (Å²) in [7, 11) is 3.56. The molecule has 1 atom stereocenters. The minimum atomic E-state index is -0.877. The average Bonchev–Trinajstić information content (AvgIpc) is 2.53. The minimum absolute atomic E-state index is 0.0785. The summed E-state index contributed by atoms with van der Waals surface area (Å²) >= 11 is 0. The lowest BCUT2D eigenvalue weighted by molar-refractivity contribution is 0.0505. The summed E-state index contributed by atoms with van der Waals surface area (Å²) < 4.78 is 0. The number of hydrogen-bond acceptors (Lipinski definition) is 3. The maximum absolute atomic E-state index is 11.9.